The summed E-state index contributed by atoms with van der Waals surface area (Å²) >= 11 is 0. The first-order valence-electron chi connectivity index (χ1n) is 39.0. The number of carbonyl (C=O) groups excluding carboxylic acids is 3. The van der Waals surface area contributed by atoms with Crippen LogP contribution in [0.1, 0.15) is 310 Å². The lowest BCUT2D eigenvalue weighted by atomic mass is 9.84. The van der Waals surface area contributed by atoms with Crippen molar-refractivity contribution < 1.29 is 117 Å². The van der Waals surface area contributed by atoms with Gasteiger partial charge in [0.05, 0.1) is 13.2 Å². The van der Waals surface area contributed by atoms with Crippen molar-refractivity contribution in [2.75, 3.05) is 26.4 Å². The Kier molecular flexibility index (Phi) is 51.5. The van der Waals surface area contributed by atoms with Crippen molar-refractivity contribution in [1.82, 2.24) is 0 Å². The highest BCUT2D eigenvalue weighted by Crippen LogP contribution is 2.49. The zero-order valence-electron chi connectivity index (χ0n) is 60.8. The molecule has 0 aromatic rings. The number of allylic oxidation sites excluding steroid dienone is 2. The number of unbranched alkanes of at least 4 members (excludes halogenated alkanes) is 38. The van der Waals surface area contributed by atoms with Gasteiger partial charge in [0.2, 0.25) is 0 Å². The highest BCUT2D eigenvalue weighted by atomic mass is 31.2. The maximum Gasteiger partial charge on any atom is 0.472 e. The van der Waals surface area contributed by atoms with Crippen molar-refractivity contribution in [3.05, 3.63) is 12.2 Å². The molecule has 0 aromatic heterocycles. The van der Waals surface area contributed by atoms with Crippen LogP contribution in [0.25, 0.3) is 0 Å². The van der Waals surface area contributed by atoms with E-state index in [1.165, 1.54) is 154 Å². The van der Waals surface area contributed by atoms with Gasteiger partial charge in [-0.2, -0.15) is 0 Å². The van der Waals surface area contributed by atoms with Crippen LogP contribution >= 0.6 is 7.82 Å². The van der Waals surface area contributed by atoms with Gasteiger partial charge in [0.25, 0.3) is 0 Å². The maximum absolute atomic E-state index is 14.3. The van der Waals surface area contributed by atoms with Gasteiger partial charge < -0.3 is 89.1 Å². The first-order chi connectivity index (χ1) is 47.8. The Hall–Kier alpha value is -2.30. The molecule has 0 bridgehead atoms. The van der Waals surface area contributed by atoms with E-state index in [9.17, 15) is 74.9 Å². The van der Waals surface area contributed by atoms with Crippen LogP contribution in [0.3, 0.4) is 0 Å². The lowest BCUT2D eigenvalue weighted by Gasteiger charge is -2.49. The van der Waals surface area contributed by atoms with Crippen LogP contribution in [-0.2, 0) is 61.2 Å². The molecule has 0 amide bonds. The van der Waals surface area contributed by atoms with Crippen molar-refractivity contribution >= 4 is 25.7 Å². The smallest absolute Gasteiger partial charge is 0.463 e. The third kappa shape index (κ3) is 39.0. The molecule has 3 rings (SSSR count). The van der Waals surface area contributed by atoms with Crippen LogP contribution in [0, 0.1) is 0 Å². The molecule has 25 heteroatoms. The van der Waals surface area contributed by atoms with Crippen LogP contribution in [-0.4, -0.2) is 204 Å². The highest BCUT2D eigenvalue weighted by molar-refractivity contribution is 7.47. The van der Waals surface area contributed by atoms with E-state index < -0.39 is 156 Å². The highest BCUT2D eigenvalue weighted by Gasteiger charge is 2.58. The quantitative estimate of drug-likeness (QED) is 0.00886. The predicted octanol–water partition coefficient (Wildman–Crippen LogP) is 11.1. The van der Waals surface area contributed by atoms with Gasteiger partial charge in [-0.15, -0.1) is 0 Å². The lowest BCUT2D eigenvalue weighted by molar-refractivity contribution is -0.360. The third-order valence-corrected chi connectivity index (χ3v) is 20.3. The summed E-state index contributed by atoms with van der Waals surface area (Å²) < 4.78 is 65.1. The monoisotopic (exact) mass is 1440 g/mol. The molecule has 582 valence electrons. The van der Waals surface area contributed by atoms with E-state index in [-0.39, 0.29) is 19.3 Å². The van der Waals surface area contributed by atoms with Crippen molar-refractivity contribution in [2.24, 2.45) is 0 Å². The Bertz CT molecular complexity index is 2090. The van der Waals surface area contributed by atoms with E-state index in [0.717, 1.165) is 96.3 Å². The third-order valence-electron chi connectivity index (χ3n) is 19.3. The summed E-state index contributed by atoms with van der Waals surface area (Å²) in [4.78, 5) is 51.0. The largest absolute Gasteiger partial charge is 0.472 e. The molecular formula is C74H137O24P. The zero-order valence-corrected chi connectivity index (χ0v) is 61.7. The van der Waals surface area contributed by atoms with Crippen molar-refractivity contribution in [3.8, 4) is 0 Å². The number of hydrogen-bond donors (Lipinski definition) is 11. The number of hydrogen-bond acceptors (Lipinski definition) is 23. The summed E-state index contributed by atoms with van der Waals surface area (Å²) in [5, 5.41) is 110. The number of phosphoric acid groups is 1. The number of ether oxygens (including phenoxy) is 7. The summed E-state index contributed by atoms with van der Waals surface area (Å²) in [5.41, 5.74) is 0. The van der Waals surface area contributed by atoms with E-state index in [4.69, 9.17) is 42.2 Å². The summed E-state index contributed by atoms with van der Waals surface area (Å²) in [7, 11) is -5.70. The average Bonchev–Trinajstić information content (AvgIpc) is 0.762. The van der Waals surface area contributed by atoms with Crippen LogP contribution in [0.15, 0.2) is 12.2 Å². The Morgan fingerprint density at radius 2 is 0.707 bits per heavy atom. The van der Waals surface area contributed by atoms with E-state index in [1.54, 1.807) is 0 Å². The Morgan fingerprint density at radius 3 is 1.10 bits per heavy atom. The van der Waals surface area contributed by atoms with Crippen LogP contribution in [0.4, 0.5) is 0 Å². The lowest BCUT2D eigenvalue weighted by Crippen LogP contribution is -2.69. The van der Waals surface area contributed by atoms with E-state index in [2.05, 4.69) is 32.9 Å². The van der Waals surface area contributed by atoms with Gasteiger partial charge in [-0.25, -0.2) is 4.57 Å². The number of aliphatic hydroxyl groups excluding tert-OH is 10. The Balaban J connectivity index is 1.72. The van der Waals surface area contributed by atoms with Gasteiger partial charge >= 0.3 is 25.7 Å². The predicted molar refractivity (Wildman–Crippen MR) is 375 cm³/mol. The number of aliphatic hydroxyl groups is 10. The second-order valence-corrected chi connectivity index (χ2v) is 29.5. The fraction of sp³-hybridized carbons (Fsp3) is 0.932. The maximum atomic E-state index is 14.3. The number of phosphoric ester groups is 1. The molecule has 3 aliphatic rings. The zero-order chi connectivity index (χ0) is 72.5. The number of carbonyl (C=O) groups is 3. The van der Waals surface area contributed by atoms with Crippen LogP contribution in [0.2, 0.25) is 0 Å². The first-order valence-corrected chi connectivity index (χ1v) is 40.5. The normalized spacial score (nSPS) is 27.5. The average molecular weight is 1440 g/mol. The summed E-state index contributed by atoms with van der Waals surface area (Å²) in [6.45, 7) is 3.45. The molecular weight excluding hydrogens is 1300 g/mol. The summed E-state index contributed by atoms with van der Waals surface area (Å²) in [6, 6.07) is 0. The second-order valence-electron chi connectivity index (χ2n) is 28.1. The topological polar surface area (TPSA) is 374 Å². The van der Waals surface area contributed by atoms with Crippen LogP contribution < -0.4 is 0 Å². The van der Waals surface area contributed by atoms with E-state index >= 15 is 0 Å². The number of rotatable bonds is 61. The summed E-state index contributed by atoms with van der Waals surface area (Å²) in [6.07, 6.45) is 15.5. The standard InChI is InChI=1S/C74H137O24P/c1-4-7-10-13-16-19-22-25-27-28-29-32-35-38-41-44-47-50-60(78)93-55(52-90-58(76)48-45-42-39-36-33-30-24-21-18-15-12-9-6-3)53-92-99(88,89)98-72-70(96-73-68(86)63(81)61(79)56(51-75)94-73)66(84)65(83)67(85)71(72)97-74-69(87)64(82)62(80)57(95-74)54-91-59(77)49-46-43-40-37-34-31-26-23-20-17-14-11-8-5-2/h30,33,55-57,61-75,79-87H,4-29,31-32,34-54H2,1-3H3,(H,88,89)/b33-30-. The number of esters is 3. The molecule has 0 spiro atoms. The van der Waals surface area contributed by atoms with E-state index in [0.29, 0.717) is 19.3 Å². The molecule has 3 fully saturated rings. The SMILES string of the molecule is CCCCCCCC/C=C\CCCCCC(=O)OCC(COP(=O)(O)OC1C(OC2OC(CO)C(O)C(O)C2O)C(O)C(O)C(O)C1OC1OC(COC(=O)CCCCCCCCCCCCCCCC)C(O)C(O)C1O)OC(=O)CCCCCCCCCCCCCCCCCCC. The molecule has 24 nitrogen and oxygen atoms in total. The first kappa shape index (κ1) is 90.9. The molecule has 2 aliphatic heterocycles. The minimum Gasteiger partial charge on any atom is -0.463 e. The minimum absolute atomic E-state index is 0.0279. The fourth-order valence-corrected chi connectivity index (χ4v) is 13.9. The van der Waals surface area contributed by atoms with Crippen molar-refractivity contribution in [1.29, 1.82) is 0 Å². The van der Waals surface area contributed by atoms with Gasteiger partial charge in [-0.05, 0) is 44.9 Å². The van der Waals surface area contributed by atoms with Crippen LogP contribution in [0.5, 0.6) is 0 Å². The van der Waals surface area contributed by atoms with Gasteiger partial charge in [0.1, 0.15) is 98.7 Å². The second kappa shape index (κ2) is 56.1. The molecule has 1 aliphatic carbocycles. The minimum atomic E-state index is -5.70. The van der Waals surface area contributed by atoms with Gasteiger partial charge in [-0.3, -0.25) is 23.4 Å². The molecule has 18 atom stereocenters. The van der Waals surface area contributed by atoms with Gasteiger partial charge in [0.15, 0.2) is 18.7 Å². The van der Waals surface area contributed by atoms with Gasteiger partial charge in [-0.1, -0.05) is 258 Å². The van der Waals surface area contributed by atoms with E-state index in [1.807, 2.05) is 0 Å². The summed E-state index contributed by atoms with van der Waals surface area (Å²) in [5.74, 6) is -2.00. The molecule has 0 aromatic carbocycles. The molecule has 1 saturated carbocycles. The molecule has 2 saturated heterocycles. The van der Waals surface area contributed by atoms with Crippen molar-refractivity contribution in [3.63, 3.8) is 0 Å². The molecule has 99 heavy (non-hydrogen) atoms. The van der Waals surface area contributed by atoms with Crippen molar-refractivity contribution in [2.45, 2.75) is 414 Å². The Morgan fingerprint density at radius 1 is 0.384 bits per heavy atom. The molecule has 18 unspecified atom stereocenters. The molecule has 2 heterocycles. The van der Waals surface area contributed by atoms with Gasteiger partial charge in [0, 0.05) is 19.3 Å². The fourth-order valence-electron chi connectivity index (χ4n) is 12.9. The molecule has 0 radical (unpaired) electrons. The Labute approximate surface area is 592 Å². The molecule has 11 N–H and O–H groups in total.